The summed E-state index contributed by atoms with van der Waals surface area (Å²) in [5.74, 6) is -1.25. The Kier molecular flexibility index (Phi) is 7.05. The number of hydrogen-bond acceptors (Lipinski definition) is 5. The number of carbonyl (C=O) groups excluding carboxylic acids is 3. The highest BCUT2D eigenvalue weighted by Gasteiger charge is 2.18. The molecule has 1 aromatic rings. The Morgan fingerprint density at radius 2 is 1.61 bits per heavy atom. The second-order valence-corrected chi connectivity index (χ2v) is 4.94. The first-order valence-corrected chi connectivity index (χ1v) is 7.36. The molecule has 0 aliphatic heterocycles. The number of rotatable bonds is 7. The molecule has 0 bridgehead atoms. The van der Waals surface area contributed by atoms with Crippen molar-refractivity contribution in [1.29, 1.82) is 0 Å². The van der Waals surface area contributed by atoms with Crippen LogP contribution in [0.4, 0.5) is 0 Å². The van der Waals surface area contributed by atoms with Crippen LogP contribution in [-0.2, 0) is 14.3 Å². The maximum Gasteiger partial charge on any atom is 0.338 e. The average Bonchev–Trinajstić information content (AvgIpc) is 2.53. The number of aromatic hydroxyl groups is 1. The van der Waals surface area contributed by atoms with E-state index in [9.17, 15) is 14.4 Å². The fraction of sp³-hybridized carbons (Fsp3) is 0.438. The van der Waals surface area contributed by atoms with Crippen molar-refractivity contribution in [3.05, 3.63) is 29.8 Å². The van der Waals surface area contributed by atoms with Gasteiger partial charge in [0.25, 0.3) is 5.91 Å². The first kappa shape index (κ1) is 18.5. The van der Waals surface area contributed by atoms with Gasteiger partial charge in [0.1, 0.15) is 5.75 Å². The summed E-state index contributed by atoms with van der Waals surface area (Å²) in [6.45, 7) is 4.38. The molecule has 2 amide bonds. The van der Waals surface area contributed by atoms with E-state index in [0.29, 0.717) is 13.1 Å². The molecule has 0 saturated heterocycles. The maximum atomic E-state index is 11.9. The van der Waals surface area contributed by atoms with E-state index in [-0.39, 0.29) is 23.8 Å². The van der Waals surface area contributed by atoms with Crippen LogP contribution in [0.1, 0.15) is 24.2 Å². The molecule has 0 spiro atoms. The molecule has 23 heavy (non-hydrogen) atoms. The molecule has 7 nitrogen and oxygen atoms in total. The summed E-state index contributed by atoms with van der Waals surface area (Å²) in [6.07, 6.45) is 0. The molecule has 7 heteroatoms. The van der Waals surface area contributed by atoms with E-state index in [0.717, 1.165) is 0 Å². The zero-order valence-corrected chi connectivity index (χ0v) is 13.6. The van der Waals surface area contributed by atoms with Crippen LogP contribution in [0.5, 0.6) is 5.75 Å². The van der Waals surface area contributed by atoms with Crippen molar-refractivity contribution in [3.8, 4) is 5.75 Å². The molecular weight excluding hydrogens is 300 g/mol. The summed E-state index contributed by atoms with van der Waals surface area (Å²) in [7, 11) is 1.48. The summed E-state index contributed by atoms with van der Waals surface area (Å²) >= 11 is 0. The van der Waals surface area contributed by atoms with Crippen LogP contribution in [0.25, 0.3) is 0 Å². The number of ether oxygens (including phenoxy) is 1. The van der Waals surface area contributed by atoms with Gasteiger partial charge in [0.15, 0.2) is 6.61 Å². The van der Waals surface area contributed by atoms with Crippen LogP contribution in [0.15, 0.2) is 24.3 Å². The summed E-state index contributed by atoms with van der Waals surface area (Å²) in [5, 5.41) is 9.15. The largest absolute Gasteiger partial charge is 0.508 e. The van der Waals surface area contributed by atoms with Crippen LogP contribution in [0, 0.1) is 0 Å². The summed E-state index contributed by atoms with van der Waals surface area (Å²) < 4.78 is 4.91. The zero-order valence-electron chi connectivity index (χ0n) is 13.6. The molecule has 0 radical (unpaired) electrons. The van der Waals surface area contributed by atoms with Gasteiger partial charge in [-0.3, -0.25) is 9.59 Å². The number of esters is 1. The quantitative estimate of drug-likeness (QED) is 0.753. The lowest BCUT2D eigenvalue weighted by molar-refractivity contribution is -0.140. The van der Waals surface area contributed by atoms with E-state index < -0.39 is 18.5 Å². The molecule has 1 N–H and O–H groups in total. The number of phenols is 1. The van der Waals surface area contributed by atoms with E-state index >= 15 is 0 Å². The first-order valence-electron chi connectivity index (χ1n) is 7.36. The van der Waals surface area contributed by atoms with Gasteiger partial charge in [-0.15, -0.1) is 0 Å². The number of nitrogens with zero attached hydrogens (tertiary/aromatic N) is 2. The fourth-order valence-electron chi connectivity index (χ4n) is 1.89. The topological polar surface area (TPSA) is 87.2 Å². The van der Waals surface area contributed by atoms with Crippen molar-refractivity contribution < 1.29 is 24.2 Å². The highest BCUT2D eigenvalue weighted by atomic mass is 16.5. The van der Waals surface area contributed by atoms with E-state index in [1.54, 1.807) is 4.90 Å². The maximum absolute atomic E-state index is 11.9. The first-order chi connectivity index (χ1) is 10.9. The van der Waals surface area contributed by atoms with Crippen LogP contribution in [-0.4, -0.2) is 66.0 Å². The van der Waals surface area contributed by atoms with Crippen LogP contribution >= 0.6 is 0 Å². The van der Waals surface area contributed by atoms with Gasteiger partial charge in [-0.25, -0.2) is 4.79 Å². The van der Waals surface area contributed by atoms with Crippen molar-refractivity contribution in [1.82, 2.24) is 9.80 Å². The molecule has 0 heterocycles. The normalized spacial score (nSPS) is 10.0. The summed E-state index contributed by atoms with van der Waals surface area (Å²) in [5.41, 5.74) is 0.234. The van der Waals surface area contributed by atoms with Crippen LogP contribution in [0.2, 0.25) is 0 Å². The Balaban J connectivity index is 2.47. The highest BCUT2D eigenvalue weighted by Crippen LogP contribution is 2.10. The fourth-order valence-corrected chi connectivity index (χ4v) is 1.89. The Labute approximate surface area is 135 Å². The molecule has 0 aromatic heterocycles. The second kappa shape index (κ2) is 8.77. The van der Waals surface area contributed by atoms with Crippen molar-refractivity contribution in [2.45, 2.75) is 13.8 Å². The number of likely N-dealkylation sites (N-methyl/N-ethyl adjacent to an activating group) is 2. The second-order valence-electron chi connectivity index (χ2n) is 4.94. The number of carbonyl (C=O) groups is 3. The molecular formula is C16H22N2O5. The lowest BCUT2D eigenvalue weighted by atomic mass is 10.2. The van der Waals surface area contributed by atoms with Gasteiger partial charge in [0, 0.05) is 20.1 Å². The number of hydrogen-bond donors (Lipinski definition) is 1. The third kappa shape index (κ3) is 5.61. The Hall–Kier alpha value is -2.57. The average molecular weight is 322 g/mol. The third-order valence-corrected chi connectivity index (χ3v) is 3.34. The third-order valence-electron chi connectivity index (χ3n) is 3.34. The molecule has 0 saturated carbocycles. The monoisotopic (exact) mass is 322 g/mol. The van der Waals surface area contributed by atoms with Gasteiger partial charge in [-0.1, -0.05) is 0 Å². The minimum Gasteiger partial charge on any atom is -0.508 e. The molecule has 0 atom stereocenters. The molecule has 0 aliphatic rings. The standard InChI is InChI=1S/C16H22N2O5/c1-4-18(5-2)14(20)10-17(3)15(21)11-23-16(22)12-6-8-13(19)9-7-12/h6-9,19H,4-5,10-11H2,1-3H3. The Morgan fingerprint density at radius 3 is 2.13 bits per heavy atom. The number of amides is 2. The van der Waals surface area contributed by atoms with Gasteiger partial charge < -0.3 is 19.6 Å². The smallest absolute Gasteiger partial charge is 0.338 e. The summed E-state index contributed by atoms with van der Waals surface area (Å²) in [6, 6.07) is 5.51. The lowest BCUT2D eigenvalue weighted by Crippen LogP contribution is -2.42. The van der Waals surface area contributed by atoms with E-state index in [1.165, 1.54) is 36.2 Å². The van der Waals surface area contributed by atoms with Crippen LogP contribution in [0.3, 0.4) is 0 Å². The van der Waals surface area contributed by atoms with Gasteiger partial charge in [0.2, 0.25) is 5.91 Å². The van der Waals surface area contributed by atoms with Crippen molar-refractivity contribution in [2.75, 3.05) is 33.3 Å². The van der Waals surface area contributed by atoms with Gasteiger partial charge >= 0.3 is 5.97 Å². The summed E-state index contributed by atoms with van der Waals surface area (Å²) in [4.78, 5) is 38.4. The molecule has 0 aliphatic carbocycles. The Morgan fingerprint density at radius 1 is 1.04 bits per heavy atom. The van der Waals surface area contributed by atoms with Gasteiger partial charge in [-0.05, 0) is 38.1 Å². The van der Waals surface area contributed by atoms with Crippen molar-refractivity contribution >= 4 is 17.8 Å². The lowest BCUT2D eigenvalue weighted by Gasteiger charge is -2.23. The highest BCUT2D eigenvalue weighted by molar-refractivity contribution is 5.92. The van der Waals surface area contributed by atoms with Crippen molar-refractivity contribution in [3.63, 3.8) is 0 Å². The SMILES string of the molecule is CCN(CC)C(=O)CN(C)C(=O)COC(=O)c1ccc(O)cc1. The molecule has 1 rings (SSSR count). The Bertz CT molecular complexity index is 552. The van der Waals surface area contributed by atoms with Crippen molar-refractivity contribution in [2.24, 2.45) is 0 Å². The number of benzene rings is 1. The van der Waals surface area contributed by atoms with Gasteiger partial charge in [-0.2, -0.15) is 0 Å². The predicted molar refractivity (Wildman–Crippen MR) is 84.0 cm³/mol. The number of phenolic OH excluding ortho intramolecular Hbond substituents is 1. The molecule has 1 aromatic carbocycles. The van der Waals surface area contributed by atoms with Gasteiger partial charge in [0.05, 0.1) is 12.1 Å². The van der Waals surface area contributed by atoms with E-state index in [2.05, 4.69) is 0 Å². The molecule has 126 valence electrons. The minimum atomic E-state index is -0.665. The predicted octanol–water partition coefficient (Wildman–Crippen LogP) is 0.876. The van der Waals surface area contributed by atoms with E-state index in [4.69, 9.17) is 9.84 Å². The molecule has 0 fully saturated rings. The van der Waals surface area contributed by atoms with E-state index in [1.807, 2.05) is 13.8 Å². The molecule has 0 unspecified atom stereocenters. The minimum absolute atomic E-state index is 0.0345. The van der Waals surface area contributed by atoms with Crippen LogP contribution < -0.4 is 0 Å². The zero-order chi connectivity index (χ0) is 17.4.